The van der Waals surface area contributed by atoms with Crippen molar-refractivity contribution in [3.8, 4) is 11.8 Å². The normalized spacial score (nSPS) is 18.4. The third kappa shape index (κ3) is 3.78. The molecule has 0 aromatic heterocycles. The highest BCUT2D eigenvalue weighted by Crippen LogP contribution is 2.53. The van der Waals surface area contributed by atoms with Gasteiger partial charge in [0.25, 0.3) is 0 Å². The van der Waals surface area contributed by atoms with Gasteiger partial charge in [-0.2, -0.15) is 0 Å². The molecule has 2 aliphatic heterocycles. The largest absolute Gasteiger partial charge is 0.302 e. The van der Waals surface area contributed by atoms with Crippen LogP contribution in [0.15, 0.2) is 42.5 Å². The van der Waals surface area contributed by atoms with Gasteiger partial charge in [-0.15, -0.1) is 11.8 Å². The van der Waals surface area contributed by atoms with Gasteiger partial charge in [-0.3, -0.25) is 0 Å². The Labute approximate surface area is 170 Å². The van der Waals surface area contributed by atoms with E-state index >= 15 is 0 Å². The van der Waals surface area contributed by atoms with Gasteiger partial charge in [0, 0.05) is 29.0 Å². The minimum atomic E-state index is 0.360. The van der Waals surface area contributed by atoms with E-state index in [1.54, 1.807) is 17.2 Å². The summed E-state index contributed by atoms with van der Waals surface area (Å²) < 4.78 is 0.360. The fraction of sp³-hybridized carbons (Fsp3) is 0.364. The molecular formula is C22H21Cl2NS. The molecule has 0 saturated carbocycles. The van der Waals surface area contributed by atoms with Crippen LogP contribution in [0.3, 0.4) is 0 Å². The highest BCUT2D eigenvalue weighted by Gasteiger charge is 2.41. The van der Waals surface area contributed by atoms with Crippen LogP contribution in [0.4, 0.5) is 0 Å². The molecule has 0 amide bonds. The van der Waals surface area contributed by atoms with Crippen molar-refractivity contribution < 1.29 is 0 Å². The molecule has 2 aromatic rings. The summed E-state index contributed by atoms with van der Waals surface area (Å²) in [7, 11) is 0. The van der Waals surface area contributed by atoms with E-state index in [-0.39, 0.29) is 0 Å². The zero-order valence-electron chi connectivity index (χ0n) is 14.6. The molecular weight excluding hydrogens is 381 g/mol. The van der Waals surface area contributed by atoms with Gasteiger partial charge >= 0.3 is 0 Å². The van der Waals surface area contributed by atoms with E-state index in [2.05, 4.69) is 52.8 Å². The molecule has 4 heteroatoms. The number of piperidine rings is 1. The van der Waals surface area contributed by atoms with Crippen molar-refractivity contribution >= 4 is 35.0 Å². The van der Waals surface area contributed by atoms with Crippen LogP contribution < -0.4 is 0 Å². The smallest absolute Gasteiger partial charge is 0.0604 e. The van der Waals surface area contributed by atoms with Gasteiger partial charge < -0.3 is 4.90 Å². The highest BCUT2D eigenvalue weighted by atomic mass is 35.5. The topological polar surface area (TPSA) is 3.24 Å². The molecule has 1 saturated heterocycles. The van der Waals surface area contributed by atoms with Crippen molar-refractivity contribution in [2.24, 2.45) is 0 Å². The number of hydrogen-bond acceptors (Lipinski definition) is 2. The average Bonchev–Trinajstić information content (AvgIpc) is 3.02. The molecule has 0 bridgehead atoms. The van der Waals surface area contributed by atoms with E-state index in [1.807, 2.05) is 12.1 Å². The van der Waals surface area contributed by atoms with E-state index in [0.29, 0.717) is 14.8 Å². The quantitative estimate of drug-likeness (QED) is 0.569. The van der Waals surface area contributed by atoms with Crippen LogP contribution in [0, 0.1) is 11.8 Å². The van der Waals surface area contributed by atoms with E-state index in [9.17, 15) is 0 Å². The van der Waals surface area contributed by atoms with Crippen LogP contribution >= 0.6 is 35.0 Å². The Morgan fingerprint density at radius 2 is 1.85 bits per heavy atom. The van der Waals surface area contributed by atoms with Crippen LogP contribution in [0.2, 0.25) is 10.0 Å². The Kier molecular flexibility index (Phi) is 5.53. The number of fused-ring (bicyclic) bond motifs is 2. The third-order valence-corrected chi connectivity index (χ3v) is 7.76. The Bertz CT molecular complexity index is 860. The lowest BCUT2D eigenvalue weighted by atomic mass is 9.86. The van der Waals surface area contributed by atoms with Gasteiger partial charge in [-0.05, 0) is 55.3 Å². The van der Waals surface area contributed by atoms with Gasteiger partial charge in [0.2, 0.25) is 0 Å². The first kappa shape index (κ1) is 18.3. The monoisotopic (exact) mass is 401 g/mol. The second kappa shape index (κ2) is 7.87. The maximum Gasteiger partial charge on any atom is 0.0604 e. The number of thioether (sulfide) groups is 1. The molecule has 0 N–H and O–H groups in total. The molecule has 0 radical (unpaired) electrons. The number of benzene rings is 2. The van der Waals surface area contributed by atoms with E-state index < -0.39 is 0 Å². The lowest BCUT2D eigenvalue weighted by molar-refractivity contribution is 0.205. The summed E-state index contributed by atoms with van der Waals surface area (Å²) in [5.74, 6) is 7.64. The standard InChI is InChI=1S/C22H21Cl2NS/c23-20-9-8-17(15-21(20)24)5-3-4-12-25-13-10-22(11-14-25)19-7-2-1-6-18(19)16-26-22/h1-2,6-9,15H,4,10-14,16H2. The van der Waals surface area contributed by atoms with Crippen molar-refractivity contribution in [1.29, 1.82) is 0 Å². The number of rotatable bonds is 2. The second-order valence-corrected chi connectivity index (χ2v) is 9.14. The second-order valence-electron chi connectivity index (χ2n) is 6.96. The summed E-state index contributed by atoms with van der Waals surface area (Å²) in [5.41, 5.74) is 4.05. The molecule has 1 nitrogen and oxygen atoms in total. The summed E-state index contributed by atoms with van der Waals surface area (Å²) in [5, 5.41) is 1.14. The molecule has 4 rings (SSSR count). The predicted octanol–water partition coefficient (Wildman–Crippen LogP) is 5.97. The van der Waals surface area contributed by atoms with Gasteiger partial charge in [0.1, 0.15) is 0 Å². The SMILES string of the molecule is Clc1ccc(C#CCCN2CCC3(CC2)SCc2ccccc23)cc1Cl. The number of nitrogens with zero attached hydrogens (tertiary/aromatic N) is 1. The zero-order chi connectivity index (χ0) is 18.0. The Morgan fingerprint density at radius 1 is 1.04 bits per heavy atom. The molecule has 0 atom stereocenters. The first-order valence-corrected chi connectivity index (χ1v) is 10.8. The van der Waals surface area contributed by atoms with Crippen molar-refractivity contribution in [3.63, 3.8) is 0 Å². The van der Waals surface area contributed by atoms with Crippen LogP contribution in [0.1, 0.15) is 36.0 Å². The fourth-order valence-corrected chi connectivity index (χ4v) is 5.70. The maximum absolute atomic E-state index is 6.03. The Hall–Kier alpha value is -1.11. The lowest BCUT2D eigenvalue weighted by Gasteiger charge is -2.39. The summed E-state index contributed by atoms with van der Waals surface area (Å²) in [6.45, 7) is 3.36. The summed E-state index contributed by atoms with van der Waals surface area (Å²) in [6.07, 6.45) is 3.38. The van der Waals surface area contributed by atoms with E-state index in [1.165, 1.54) is 18.6 Å². The van der Waals surface area contributed by atoms with Crippen LogP contribution in [0.25, 0.3) is 0 Å². The van der Waals surface area contributed by atoms with Crippen molar-refractivity contribution in [2.75, 3.05) is 19.6 Å². The first-order chi connectivity index (χ1) is 12.7. The molecule has 0 unspecified atom stereocenters. The van der Waals surface area contributed by atoms with E-state index in [4.69, 9.17) is 23.2 Å². The van der Waals surface area contributed by atoms with Crippen molar-refractivity contribution in [2.45, 2.75) is 29.8 Å². The molecule has 1 fully saturated rings. The first-order valence-electron chi connectivity index (χ1n) is 9.05. The van der Waals surface area contributed by atoms with Gasteiger partial charge in [-0.25, -0.2) is 0 Å². The maximum atomic E-state index is 6.03. The van der Waals surface area contributed by atoms with Gasteiger partial charge in [0.15, 0.2) is 0 Å². The summed E-state index contributed by atoms with van der Waals surface area (Å²) in [4.78, 5) is 2.55. The lowest BCUT2D eigenvalue weighted by Crippen LogP contribution is -2.40. The number of halogens is 2. The third-order valence-electron chi connectivity index (χ3n) is 5.38. The molecule has 26 heavy (non-hydrogen) atoms. The number of likely N-dealkylation sites (tertiary alicyclic amines) is 1. The van der Waals surface area contributed by atoms with Crippen molar-refractivity contribution in [3.05, 3.63) is 69.2 Å². The molecule has 2 heterocycles. The molecule has 0 aliphatic carbocycles. The van der Waals surface area contributed by atoms with E-state index in [0.717, 1.165) is 31.6 Å². The molecule has 1 spiro atoms. The van der Waals surface area contributed by atoms with Crippen molar-refractivity contribution in [1.82, 2.24) is 4.90 Å². The molecule has 2 aromatic carbocycles. The minimum absolute atomic E-state index is 0.360. The minimum Gasteiger partial charge on any atom is -0.302 e. The summed E-state index contributed by atoms with van der Waals surface area (Å²) >= 11 is 14.1. The number of hydrogen-bond donors (Lipinski definition) is 0. The fourth-order valence-electron chi connectivity index (χ4n) is 3.89. The molecule has 134 valence electrons. The van der Waals surface area contributed by atoms with Crippen LogP contribution in [-0.4, -0.2) is 24.5 Å². The Balaban J connectivity index is 1.30. The Morgan fingerprint density at radius 3 is 2.65 bits per heavy atom. The van der Waals surface area contributed by atoms with Crippen LogP contribution in [0.5, 0.6) is 0 Å². The van der Waals surface area contributed by atoms with Gasteiger partial charge in [-0.1, -0.05) is 59.3 Å². The van der Waals surface area contributed by atoms with Gasteiger partial charge in [0.05, 0.1) is 10.0 Å². The highest BCUT2D eigenvalue weighted by molar-refractivity contribution is 7.99. The predicted molar refractivity (Wildman–Crippen MR) is 113 cm³/mol. The zero-order valence-corrected chi connectivity index (χ0v) is 16.9. The van der Waals surface area contributed by atoms with Crippen LogP contribution in [-0.2, 0) is 10.5 Å². The summed E-state index contributed by atoms with van der Waals surface area (Å²) in [6, 6.07) is 14.5. The average molecular weight is 402 g/mol. The molecule has 2 aliphatic rings.